The van der Waals surface area contributed by atoms with Crippen LogP contribution in [0.1, 0.15) is 13.8 Å². The first kappa shape index (κ1) is 10.9. The van der Waals surface area contributed by atoms with Crippen molar-refractivity contribution in [1.82, 2.24) is 0 Å². The largest absolute Gasteiger partial charge is 0.479 e. The van der Waals surface area contributed by atoms with Gasteiger partial charge >= 0.3 is 11.9 Å². The molecule has 1 rings (SSSR count). The summed E-state index contributed by atoms with van der Waals surface area (Å²) in [6.07, 6.45) is 0. The van der Waals surface area contributed by atoms with Crippen LogP contribution in [0.3, 0.4) is 0 Å². The lowest BCUT2D eigenvalue weighted by Gasteiger charge is -2.38. The molecule has 14 heavy (non-hydrogen) atoms. The number of ether oxygens (including phenoxy) is 2. The van der Waals surface area contributed by atoms with Gasteiger partial charge in [-0.25, -0.2) is 9.59 Å². The van der Waals surface area contributed by atoms with Crippen LogP contribution in [0.2, 0.25) is 0 Å². The second kappa shape index (κ2) is 3.21. The summed E-state index contributed by atoms with van der Waals surface area (Å²) in [5.74, 6) is -2.32. The Morgan fingerprint density at radius 3 is 1.43 bits per heavy atom. The highest BCUT2D eigenvalue weighted by Gasteiger charge is 2.48. The minimum absolute atomic E-state index is 0.273. The van der Waals surface area contributed by atoms with Crippen molar-refractivity contribution in [2.24, 2.45) is 0 Å². The van der Waals surface area contributed by atoms with Crippen molar-refractivity contribution < 1.29 is 29.3 Å². The standard InChI is InChI=1S/C8H12O6/c1-7(5(9)10)3-14-8(2,4-13-7)6(11)12/h3-4H2,1-2H3,(H,9,10)(H,11,12). The average Bonchev–Trinajstić information content (AvgIpc) is 2.10. The summed E-state index contributed by atoms with van der Waals surface area (Å²) < 4.78 is 10.00. The lowest BCUT2D eigenvalue weighted by atomic mass is 10.0. The summed E-state index contributed by atoms with van der Waals surface area (Å²) >= 11 is 0. The zero-order valence-corrected chi connectivity index (χ0v) is 7.94. The predicted octanol–water partition coefficient (Wildman–Crippen LogP) is -0.280. The summed E-state index contributed by atoms with van der Waals surface area (Å²) in [6, 6.07) is 0. The maximum Gasteiger partial charge on any atom is 0.338 e. The highest BCUT2D eigenvalue weighted by Crippen LogP contribution is 2.25. The normalized spacial score (nSPS) is 37.9. The molecule has 0 bridgehead atoms. The highest BCUT2D eigenvalue weighted by atomic mass is 16.6. The van der Waals surface area contributed by atoms with Crippen LogP contribution in [-0.2, 0) is 19.1 Å². The molecule has 2 atom stereocenters. The highest BCUT2D eigenvalue weighted by molar-refractivity contribution is 5.79. The van der Waals surface area contributed by atoms with Crippen molar-refractivity contribution in [3.05, 3.63) is 0 Å². The molecular formula is C8H12O6. The van der Waals surface area contributed by atoms with Gasteiger partial charge in [-0.1, -0.05) is 0 Å². The summed E-state index contributed by atoms with van der Waals surface area (Å²) in [5.41, 5.74) is -2.90. The number of aliphatic carboxylic acids is 2. The Kier molecular flexibility index (Phi) is 2.51. The molecule has 0 spiro atoms. The van der Waals surface area contributed by atoms with E-state index < -0.39 is 23.1 Å². The van der Waals surface area contributed by atoms with Crippen molar-refractivity contribution in [1.29, 1.82) is 0 Å². The molecule has 6 nitrogen and oxygen atoms in total. The van der Waals surface area contributed by atoms with Gasteiger partial charge in [-0.3, -0.25) is 0 Å². The smallest absolute Gasteiger partial charge is 0.338 e. The summed E-state index contributed by atoms with van der Waals surface area (Å²) in [7, 11) is 0. The SMILES string of the molecule is CC1(C(=O)O)COC(C)(C(=O)O)CO1. The van der Waals surface area contributed by atoms with Gasteiger partial charge in [0.2, 0.25) is 0 Å². The average molecular weight is 204 g/mol. The fourth-order valence-corrected chi connectivity index (χ4v) is 0.924. The monoisotopic (exact) mass is 204 g/mol. The molecule has 1 fully saturated rings. The molecule has 1 heterocycles. The van der Waals surface area contributed by atoms with Gasteiger partial charge in [-0.15, -0.1) is 0 Å². The third-order valence-electron chi connectivity index (χ3n) is 2.24. The molecule has 6 heteroatoms. The van der Waals surface area contributed by atoms with E-state index in [2.05, 4.69) is 0 Å². The van der Waals surface area contributed by atoms with Gasteiger partial charge in [-0.05, 0) is 13.8 Å². The van der Waals surface area contributed by atoms with E-state index in [9.17, 15) is 9.59 Å². The zero-order valence-electron chi connectivity index (χ0n) is 7.94. The van der Waals surface area contributed by atoms with Crippen molar-refractivity contribution in [2.45, 2.75) is 25.0 Å². The first-order valence-corrected chi connectivity index (χ1v) is 4.05. The molecule has 1 aliphatic rings. The van der Waals surface area contributed by atoms with E-state index in [-0.39, 0.29) is 13.2 Å². The number of rotatable bonds is 2. The van der Waals surface area contributed by atoms with Crippen LogP contribution >= 0.6 is 0 Å². The minimum Gasteiger partial charge on any atom is -0.479 e. The van der Waals surface area contributed by atoms with Gasteiger partial charge in [0.25, 0.3) is 0 Å². The number of hydrogen-bond donors (Lipinski definition) is 2. The Labute approximate surface area is 80.4 Å². The number of carbonyl (C=O) groups is 2. The van der Waals surface area contributed by atoms with Crippen LogP contribution in [0, 0.1) is 0 Å². The molecule has 2 N–H and O–H groups in total. The Hall–Kier alpha value is -1.14. The van der Waals surface area contributed by atoms with Crippen LogP contribution in [-0.4, -0.2) is 46.6 Å². The number of carboxylic acid groups (broad SMARTS) is 2. The minimum atomic E-state index is -1.45. The molecule has 80 valence electrons. The Bertz CT molecular complexity index is 235. The van der Waals surface area contributed by atoms with Crippen molar-refractivity contribution in [2.75, 3.05) is 13.2 Å². The first-order valence-electron chi connectivity index (χ1n) is 4.05. The van der Waals surface area contributed by atoms with Gasteiger partial charge < -0.3 is 19.7 Å². The van der Waals surface area contributed by atoms with Gasteiger partial charge in [0.15, 0.2) is 11.2 Å². The van der Waals surface area contributed by atoms with E-state index >= 15 is 0 Å². The summed E-state index contributed by atoms with van der Waals surface area (Å²) in [6.45, 7) is 2.14. The van der Waals surface area contributed by atoms with E-state index in [1.165, 1.54) is 13.8 Å². The van der Waals surface area contributed by atoms with Gasteiger partial charge in [0, 0.05) is 0 Å². The van der Waals surface area contributed by atoms with Gasteiger partial charge in [-0.2, -0.15) is 0 Å². The molecule has 0 aromatic rings. The molecule has 0 amide bonds. The molecule has 0 aromatic carbocycles. The zero-order chi connectivity index (χ0) is 11.0. The quantitative estimate of drug-likeness (QED) is 0.642. The van der Waals surface area contributed by atoms with E-state index in [0.29, 0.717) is 0 Å². The maximum absolute atomic E-state index is 10.7. The molecule has 2 unspecified atom stereocenters. The van der Waals surface area contributed by atoms with Crippen LogP contribution in [0.25, 0.3) is 0 Å². The van der Waals surface area contributed by atoms with Crippen LogP contribution in [0.5, 0.6) is 0 Å². The molecule has 0 aromatic heterocycles. The summed E-state index contributed by atoms with van der Waals surface area (Å²) in [5, 5.41) is 17.5. The van der Waals surface area contributed by atoms with E-state index in [4.69, 9.17) is 19.7 Å². The van der Waals surface area contributed by atoms with Crippen molar-refractivity contribution in [3.63, 3.8) is 0 Å². The van der Waals surface area contributed by atoms with E-state index in [1.54, 1.807) is 0 Å². The lowest BCUT2D eigenvalue weighted by molar-refractivity contribution is -0.235. The van der Waals surface area contributed by atoms with Crippen LogP contribution in [0.4, 0.5) is 0 Å². The molecule has 1 saturated heterocycles. The topological polar surface area (TPSA) is 93.1 Å². The third kappa shape index (κ3) is 1.71. The molecular weight excluding hydrogens is 192 g/mol. The molecule has 1 aliphatic heterocycles. The maximum atomic E-state index is 10.7. The van der Waals surface area contributed by atoms with Crippen LogP contribution in [0.15, 0.2) is 0 Å². The van der Waals surface area contributed by atoms with Gasteiger partial charge in [0.05, 0.1) is 13.2 Å². The fraction of sp³-hybridized carbons (Fsp3) is 0.750. The molecule has 0 saturated carbocycles. The molecule has 0 radical (unpaired) electrons. The van der Waals surface area contributed by atoms with E-state index in [1.807, 2.05) is 0 Å². The first-order chi connectivity index (χ1) is 6.30. The second-order valence-corrected chi connectivity index (χ2v) is 3.65. The Morgan fingerprint density at radius 2 is 1.29 bits per heavy atom. The summed E-state index contributed by atoms with van der Waals surface area (Å²) in [4.78, 5) is 21.4. The second-order valence-electron chi connectivity index (χ2n) is 3.65. The Balaban J connectivity index is 2.71. The van der Waals surface area contributed by atoms with Crippen molar-refractivity contribution >= 4 is 11.9 Å². The van der Waals surface area contributed by atoms with E-state index in [0.717, 1.165) is 0 Å². The predicted molar refractivity (Wildman–Crippen MR) is 44.0 cm³/mol. The fourth-order valence-electron chi connectivity index (χ4n) is 0.924. The third-order valence-corrected chi connectivity index (χ3v) is 2.24. The number of carboxylic acids is 2. The van der Waals surface area contributed by atoms with Gasteiger partial charge in [0.1, 0.15) is 0 Å². The lowest BCUT2D eigenvalue weighted by Crippen LogP contribution is -2.57. The number of hydrogen-bond acceptors (Lipinski definition) is 4. The van der Waals surface area contributed by atoms with Crippen LogP contribution < -0.4 is 0 Å². The van der Waals surface area contributed by atoms with Crippen molar-refractivity contribution in [3.8, 4) is 0 Å². The Morgan fingerprint density at radius 1 is 1.00 bits per heavy atom. The molecule has 0 aliphatic carbocycles.